The molecule has 0 saturated carbocycles. The molecule has 0 aromatic heterocycles. The molecule has 28 heavy (non-hydrogen) atoms. The van der Waals surface area contributed by atoms with Gasteiger partial charge in [0, 0.05) is 29.7 Å². The fraction of sp³-hybridized carbons (Fsp3) is 0.294. The number of hydrogen-bond donors (Lipinski definition) is 7. The van der Waals surface area contributed by atoms with Crippen LogP contribution in [0.5, 0.6) is 0 Å². The van der Waals surface area contributed by atoms with E-state index in [4.69, 9.17) is 35.7 Å². The third-order valence-corrected chi connectivity index (χ3v) is 1.84. The lowest BCUT2D eigenvalue weighted by atomic mass is 9.95. The van der Waals surface area contributed by atoms with E-state index < -0.39 is 29.3 Å². The first-order valence-corrected chi connectivity index (χ1v) is 7.01. The Bertz CT molecular complexity index is 411. The predicted molar refractivity (Wildman–Crippen MR) is 101 cm³/mol. The first-order chi connectivity index (χ1) is 12.8. The lowest BCUT2D eigenvalue weighted by Gasteiger charge is -2.20. The molecule has 0 aromatic rings. The number of rotatable bonds is 7. The number of carboxylic acid groups (broad SMARTS) is 4. The smallest absolute Gasteiger partial charge is 0.327 e. The topological polar surface area (TPSA) is 210 Å². The van der Waals surface area contributed by atoms with Gasteiger partial charge in [-0.3, -0.25) is 0 Å². The second-order valence-electron chi connectivity index (χ2n) is 4.45. The summed E-state index contributed by atoms with van der Waals surface area (Å²) in [6.07, 6.45) is 3.33. The van der Waals surface area contributed by atoms with Crippen molar-refractivity contribution in [2.45, 2.75) is 6.92 Å². The van der Waals surface area contributed by atoms with E-state index in [-0.39, 0.29) is 19.8 Å². The number of carboxylic acids is 4. The Morgan fingerprint density at radius 1 is 0.607 bits per heavy atom. The van der Waals surface area contributed by atoms with Gasteiger partial charge in [0.2, 0.25) is 0 Å². The van der Waals surface area contributed by atoms with Crippen LogP contribution in [0.3, 0.4) is 0 Å². The van der Waals surface area contributed by atoms with Crippen molar-refractivity contribution in [2.24, 2.45) is 5.41 Å². The fourth-order valence-electron chi connectivity index (χ4n) is 0.150. The lowest BCUT2D eigenvalue weighted by Crippen LogP contribution is -2.29. The monoisotopic (exact) mass is 408 g/mol. The Morgan fingerprint density at radius 2 is 0.714 bits per heavy atom. The van der Waals surface area contributed by atoms with Crippen LogP contribution in [0.25, 0.3) is 0 Å². The highest BCUT2D eigenvalue weighted by molar-refractivity contribution is 5.79. The van der Waals surface area contributed by atoms with E-state index in [1.54, 1.807) is 6.92 Å². The number of aliphatic carboxylic acids is 4. The maximum absolute atomic E-state index is 9.25. The van der Waals surface area contributed by atoms with Crippen molar-refractivity contribution in [2.75, 3.05) is 19.8 Å². The van der Waals surface area contributed by atoms with Gasteiger partial charge in [-0.25, -0.2) is 19.2 Å². The van der Waals surface area contributed by atoms with Gasteiger partial charge in [-0.15, -0.1) is 0 Å². The molecule has 0 heterocycles. The number of aliphatic hydroxyl groups is 3. The summed E-state index contributed by atoms with van der Waals surface area (Å²) < 4.78 is 0. The Morgan fingerprint density at radius 3 is 0.714 bits per heavy atom. The molecule has 0 aliphatic carbocycles. The molecule has 0 rings (SSSR count). The van der Waals surface area contributed by atoms with Crippen LogP contribution in [0.4, 0.5) is 0 Å². The van der Waals surface area contributed by atoms with Crippen LogP contribution in [-0.2, 0) is 19.2 Å². The fourth-order valence-corrected chi connectivity index (χ4v) is 0.150. The molecule has 0 saturated heterocycles. The minimum Gasteiger partial charge on any atom is -0.478 e. The Kier molecular flexibility index (Phi) is 33.2. The van der Waals surface area contributed by atoms with E-state index in [0.717, 1.165) is 24.3 Å². The molecular weight excluding hydrogens is 380 g/mol. The highest BCUT2D eigenvalue weighted by atomic mass is 16.4. The van der Waals surface area contributed by atoms with Crippen LogP contribution in [0.2, 0.25) is 0 Å². The lowest BCUT2D eigenvalue weighted by molar-refractivity contribution is -0.132. The van der Waals surface area contributed by atoms with E-state index in [1.807, 2.05) is 0 Å². The maximum Gasteiger partial charge on any atom is 0.327 e. The molecular formula is C17H28O11. The Hall–Kier alpha value is -3.28. The van der Waals surface area contributed by atoms with Crippen molar-refractivity contribution in [1.82, 2.24) is 0 Å². The van der Waals surface area contributed by atoms with Gasteiger partial charge in [0.05, 0.1) is 19.8 Å². The van der Waals surface area contributed by atoms with E-state index >= 15 is 0 Å². The molecule has 0 amide bonds. The maximum atomic E-state index is 9.25. The number of aliphatic hydroxyl groups excluding tert-OH is 3. The van der Waals surface area contributed by atoms with Crippen molar-refractivity contribution in [1.29, 1.82) is 0 Å². The van der Waals surface area contributed by atoms with E-state index in [0.29, 0.717) is 0 Å². The van der Waals surface area contributed by atoms with Crippen LogP contribution in [0, 0.1) is 5.41 Å². The molecule has 0 radical (unpaired) electrons. The SMILES string of the molecule is C=CC(=O)O.C=CC(=O)O.C=CC(=O)O.C=CC(=O)O.CC(CO)(CO)CO. The summed E-state index contributed by atoms with van der Waals surface area (Å²) in [6.45, 7) is 12.9. The largest absolute Gasteiger partial charge is 0.478 e. The first-order valence-electron chi connectivity index (χ1n) is 7.01. The number of carbonyl (C=O) groups is 4. The van der Waals surface area contributed by atoms with Gasteiger partial charge in [0.25, 0.3) is 0 Å². The van der Waals surface area contributed by atoms with E-state index in [1.165, 1.54) is 0 Å². The third-order valence-electron chi connectivity index (χ3n) is 1.84. The average Bonchev–Trinajstić information content (AvgIpc) is 2.68. The van der Waals surface area contributed by atoms with Gasteiger partial charge in [0.1, 0.15) is 0 Å². The Balaban J connectivity index is -0.0000000802. The predicted octanol–water partition coefficient (Wildman–Crippen LogP) is -0.00240. The summed E-state index contributed by atoms with van der Waals surface area (Å²) in [6, 6.07) is 0. The van der Waals surface area contributed by atoms with Crippen molar-refractivity contribution in [3.8, 4) is 0 Å². The zero-order valence-corrected chi connectivity index (χ0v) is 15.5. The molecule has 0 aromatic carbocycles. The molecule has 0 bridgehead atoms. The van der Waals surface area contributed by atoms with Gasteiger partial charge >= 0.3 is 23.9 Å². The summed E-state index contributed by atoms with van der Waals surface area (Å²) in [7, 11) is 0. The second kappa shape index (κ2) is 26.0. The van der Waals surface area contributed by atoms with Crippen LogP contribution < -0.4 is 0 Å². The van der Waals surface area contributed by atoms with Crippen molar-refractivity contribution < 1.29 is 54.9 Å². The summed E-state index contributed by atoms with van der Waals surface area (Å²) in [4.78, 5) is 37.0. The summed E-state index contributed by atoms with van der Waals surface area (Å²) in [5.41, 5.74) is -0.708. The van der Waals surface area contributed by atoms with Gasteiger partial charge in [0.15, 0.2) is 0 Å². The zero-order valence-electron chi connectivity index (χ0n) is 15.5. The normalized spacial score (nSPS) is 8.00. The molecule has 11 heteroatoms. The van der Waals surface area contributed by atoms with Gasteiger partial charge in [-0.05, 0) is 0 Å². The van der Waals surface area contributed by atoms with Crippen molar-refractivity contribution in [3.63, 3.8) is 0 Å². The average molecular weight is 408 g/mol. The quantitative estimate of drug-likeness (QED) is 0.279. The molecule has 0 aliphatic heterocycles. The molecule has 7 N–H and O–H groups in total. The molecule has 0 fully saturated rings. The van der Waals surface area contributed by atoms with E-state index in [2.05, 4.69) is 26.3 Å². The standard InChI is InChI=1S/C5H12O3.4C3H4O2/c1-5(2-6,3-7)4-8;4*1-2-3(4)5/h6-8H,2-4H2,1H3;4*2H,1H2,(H,4,5). The van der Waals surface area contributed by atoms with Crippen molar-refractivity contribution >= 4 is 23.9 Å². The summed E-state index contributed by atoms with van der Waals surface area (Å²) >= 11 is 0. The van der Waals surface area contributed by atoms with Gasteiger partial charge in [-0.2, -0.15) is 0 Å². The molecule has 0 spiro atoms. The Labute approximate surface area is 162 Å². The highest BCUT2D eigenvalue weighted by Crippen LogP contribution is 2.10. The minimum atomic E-state index is -0.981. The van der Waals surface area contributed by atoms with Gasteiger partial charge in [-0.1, -0.05) is 33.2 Å². The molecule has 162 valence electrons. The summed E-state index contributed by atoms with van der Waals surface area (Å²) in [5.74, 6) is -3.93. The molecule has 0 atom stereocenters. The van der Waals surface area contributed by atoms with Gasteiger partial charge < -0.3 is 35.7 Å². The highest BCUT2D eigenvalue weighted by Gasteiger charge is 2.20. The summed E-state index contributed by atoms with van der Waals surface area (Å²) in [5, 5.41) is 55.8. The van der Waals surface area contributed by atoms with Crippen LogP contribution in [-0.4, -0.2) is 79.4 Å². The number of hydrogen-bond acceptors (Lipinski definition) is 7. The molecule has 0 unspecified atom stereocenters. The van der Waals surface area contributed by atoms with Crippen LogP contribution >= 0.6 is 0 Å². The van der Waals surface area contributed by atoms with Crippen LogP contribution in [0.15, 0.2) is 50.6 Å². The third kappa shape index (κ3) is 56.9. The zero-order chi connectivity index (χ0) is 23.8. The van der Waals surface area contributed by atoms with Crippen LogP contribution in [0.1, 0.15) is 6.92 Å². The van der Waals surface area contributed by atoms with Crippen molar-refractivity contribution in [3.05, 3.63) is 50.6 Å². The van der Waals surface area contributed by atoms with E-state index in [9.17, 15) is 19.2 Å². The molecule has 0 aliphatic rings. The first kappa shape index (κ1) is 35.8. The minimum absolute atomic E-state index is 0.181. The second-order valence-corrected chi connectivity index (χ2v) is 4.45. The molecule has 11 nitrogen and oxygen atoms in total.